The van der Waals surface area contributed by atoms with E-state index in [0.29, 0.717) is 23.4 Å². The Bertz CT molecular complexity index is 803. The van der Waals surface area contributed by atoms with Crippen LogP contribution in [-0.4, -0.2) is 11.6 Å². The summed E-state index contributed by atoms with van der Waals surface area (Å²) >= 11 is 0. The highest BCUT2D eigenvalue weighted by atomic mass is 16.1. The highest BCUT2D eigenvalue weighted by Crippen LogP contribution is 2.69. The van der Waals surface area contributed by atoms with E-state index in [1.807, 2.05) is 0 Å². The standard InChI is InChI=1S/C26H34O2/c1-23(2)17-11-13-25(23,5)21(27)19(17)15-7-9-16(10-8-15)20-18-12-14-26(6,22(20)28)24(18,3)4/h7-10,17-20H,11-14H2,1-6H3. The zero-order valence-electron chi connectivity index (χ0n) is 18.3. The predicted octanol–water partition coefficient (Wildman–Crippen LogP) is 5.90. The molecule has 5 rings (SSSR count). The molecule has 0 spiro atoms. The van der Waals surface area contributed by atoms with Gasteiger partial charge in [0.2, 0.25) is 0 Å². The first-order valence-electron chi connectivity index (χ1n) is 11.2. The van der Waals surface area contributed by atoms with Gasteiger partial charge in [0.25, 0.3) is 0 Å². The largest absolute Gasteiger partial charge is 0.298 e. The second-order valence-electron chi connectivity index (χ2n) is 11.7. The SMILES string of the molecule is CC12CCC(C(c3ccc(C4C(=O)C5(C)CCC4C5(C)C)cc3)C1=O)C2(C)C. The van der Waals surface area contributed by atoms with Crippen LogP contribution in [0.2, 0.25) is 0 Å². The summed E-state index contributed by atoms with van der Waals surface area (Å²) in [6.45, 7) is 13.5. The molecule has 0 amide bonds. The molecule has 6 atom stereocenters. The second-order valence-corrected chi connectivity index (χ2v) is 11.7. The molecule has 0 aliphatic heterocycles. The normalized spacial score (nSPS) is 45.2. The zero-order chi connectivity index (χ0) is 20.3. The third-order valence-corrected chi connectivity index (χ3v) is 10.7. The highest BCUT2D eigenvalue weighted by Gasteiger charge is 2.67. The van der Waals surface area contributed by atoms with E-state index < -0.39 is 0 Å². The lowest BCUT2D eigenvalue weighted by atomic mass is 9.70. The maximum Gasteiger partial charge on any atom is 0.147 e. The summed E-state index contributed by atoms with van der Waals surface area (Å²) in [4.78, 5) is 26.6. The lowest BCUT2D eigenvalue weighted by Crippen LogP contribution is -2.33. The van der Waals surface area contributed by atoms with Gasteiger partial charge in [0.15, 0.2) is 0 Å². The fourth-order valence-corrected chi connectivity index (χ4v) is 7.85. The van der Waals surface area contributed by atoms with Crippen LogP contribution in [0.4, 0.5) is 0 Å². The number of hydrogen-bond donors (Lipinski definition) is 0. The highest BCUT2D eigenvalue weighted by molar-refractivity contribution is 5.96. The van der Waals surface area contributed by atoms with Gasteiger partial charge in [0, 0.05) is 22.7 Å². The molecule has 2 nitrogen and oxygen atoms in total. The van der Waals surface area contributed by atoms with Crippen molar-refractivity contribution in [3.05, 3.63) is 35.4 Å². The molecule has 28 heavy (non-hydrogen) atoms. The lowest BCUT2D eigenvalue weighted by Gasteiger charge is -2.32. The van der Waals surface area contributed by atoms with Crippen molar-refractivity contribution in [3.8, 4) is 0 Å². The van der Waals surface area contributed by atoms with Crippen LogP contribution in [0, 0.1) is 33.5 Å². The summed E-state index contributed by atoms with van der Waals surface area (Å²) in [5.74, 6) is 1.83. The lowest BCUT2D eigenvalue weighted by molar-refractivity contribution is -0.130. The number of rotatable bonds is 2. The molecule has 2 heteroatoms. The third kappa shape index (κ3) is 1.82. The predicted molar refractivity (Wildman–Crippen MR) is 111 cm³/mol. The van der Waals surface area contributed by atoms with Crippen molar-refractivity contribution in [2.75, 3.05) is 0 Å². The molecule has 4 aliphatic carbocycles. The molecule has 0 heterocycles. The third-order valence-electron chi connectivity index (χ3n) is 10.7. The minimum Gasteiger partial charge on any atom is -0.298 e. The molecule has 4 bridgehead atoms. The Morgan fingerprint density at radius 3 is 1.21 bits per heavy atom. The van der Waals surface area contributed by atoms with E-state index in [9.17, 15) is 9.59 Å². The van der Waals surface area contributed by atoms with Crippen molar-refractivity contribution >= 4 is 11.6 Å². The van der Waals surface area contributed by atoms with Gasteiger partial charge in [0.05, 0.1) is 0 Å². The Labute approximate surface area is 169 Å². The maximum atomic E-state index is 13.3. The van der Waals surface area contributed by atoms with E-state index in [0.717, 1.165) is 36.8 Å². The van der Waals surface area contributed by atoms with Crippen molar-refractivity contribution in [2.45, 2.75) is 79.1 Å². The van der Waals surface area contributed by atoms with E-state index in [1.165, 1.54) is 0 Å². The average Bonchev–Trinajstić information content (AvgIpc) is 3.13. The molecule has 1 aromatic rings. The van der Waals surface area contributed by atoms with E-state index in [4.69, 9.17) is 0 Å². The number of ketones is 2. The number of Topliss-reactive ketones (excluding diaryl/α,β-unsaturated/α-hetero) is 2. The van der Waals surface area contributed by atoms with Crippen LogP contribution in [0.3, 0.4) is 0 Å². The Balaban J connectivity index is 1.47. The summed E-state index contributed by atoms with van der Waals surface area (Å²) < 4.78 is 0. The molecule has 0 aromatic heterocycles. The second kappa shape index (κ2) is 5.18. The number of fused-ring (bicyclic) bond motifs is 4. The van der Waals surface area contributed by atoms with Crippen molar-refractivity contribution in [2.24, 2.45) is 33.5 Å². The van der Waals surface area contributed by atoms with Crippen molar-refractivity contribution < 1.29 is 9.59 Å². The van der Waals surface area contributed by atoms with Crippen LogP contribution in [-0.2, 0) is 9.59 Å². The fourth-order valence-electron chi connectivity index (χ4n) is 7.85. The molecule has 0 N–H and O–H groups in total. The van der Waals surface area contributed by atoms with Crippen molar-refractivity contribution in [1.29, 1.82) is 0 Å². The minimum atomic E-state index is -0.180. The molecule has 6 unspecified atom stereocenters. The molecule has 4 aliphatic rings. The molecule has 1 aromatic carbocycles. The maximum absolute atomic E-state index is 13.3. The Morgan fingerprint density at radius 2 is 0.964 bits per heavy atom. The summed E-state index contributed by atoms with van der Waals surface area (Å²) in [5, 5.41) is 0. The van der Waals surface area contributed by atoms with E-state index in [-0.39, 0.29) is 33.5 Å². The molecule has 4 saturated carbocycles. The van der Waals surface area contributed by atoms with Gasteiger partial charge >= 0.3 is 0 Å². The Hall–Kier alpha value is -1.44. The van der Waals surface area contributed by atoms with Crippen LogP contribution in [0.1, 0.15) is 90.2 Å². The minimum absolute atomic E-state index is 0.0347. The van der Waals surface area contributed by atoms with E-state index >= 15 is 0 Å². The molecule has 0 radical (unpaired) electrons. The first kappa shape index (κ1) is 18.6. The number of benzene rings is 1. The van der Waals surface area contributed by atoms with Crippen LogP contribution < -0.4 is 0 Å². The fraction of sp³-hybridized carbons (Fsp3) is 0.692. The van der Waals surface area contributed by atoms with Gasteiger partial charge in [-0.15, -0.1) is 0 Å². The molecule has 150 valence electrons. The molecular weight excluding hydrogens is 344 g/mol. The summed E-state index contributed by atoms with van der Waals surface area (Å²) in [5.41, 5.74) is 2.12. The molecule has 0 saturated heterocycles. The first-order chi connectivity index (χ1) is 13.0. The van der Waals surface area contributed by atoms with E-state index in [1.54, 1.807) is 0 Å². The summed E-state index contributed by atoms with van der Waals surface area (Å²) in [7, 11) is 0. The van der Waals surface area contributed by atoms with Crippen LogP contribution in [0.25, 0.3) is 0 Å². The van der Waals surface area contributed by atoms with Crippen LogP contribution in [0.15, 0.2) is 24.3 Å². The summed E-state index contributed by atoms with van der Waals surface area (Å²) in [6.07, 6.45) is 4.36. The van der Waals surface area contributed by atoms with Gasteiger partial charge in [-0.25, -0.2) is 0 Å². The van der Waals surface area contributed by atoms with Crippen molar-refractivity contribution in [1.82, 2.24) is 0 Å². The topological polar surface area (TPSA) is 34.1 Å². The van der Waals surface area contributed by atoms with Gasteiger partial charge in [-0.1, -0.05) is 65.8 Å². The van der Waals surface area contributed by atoms with Crippen molar-refractivity contribution in [3.63, 3.8) is 0 Å². The Kier molecular flexibility index (Phi) is 3.44. The quantitative estimate of drug-likeness (QED) is 0.641. The number of hydrogen-bond acceptors (Lipinski definition) is 2. The van der Waals surface area contributed by atoms with Gasteiger partial charge in [-0.05, 0) is 59.5 Å². The zero-order valence-corrected chi connectivity index (χ0v) is 18.3. The van der Waals surface area contributed by atoms with Crippen LogP contribution in [0.5, 0.6) is 0 Å². The molecule has 4 fully saturated rings. The average molecular weight is 379 g/mol. The summed E-state index contributed by atoms with van der Waals surface area (Å²) in [6, 6.07) is 8.64. The van der Waals surface area contributed by atoms with Gasteiger partial charge in [-0.2, -0.15) is 0 Å². The first-order valence-corrected chi connectivity index (χ1v) is 11.2. The number of carbonyl (C=O) groups excluding carboxylic acids is 2. The monoisotopic (exact) mass is 378 g/mol. The van der Waals surface area contributed by atoms with E-state index in [2.05, 4.69) is 65.8 Å². The Morgan fingerprint density at radius 1 is 0.643 bits per heavy atom. The molecular formula is C26H34O2. The smallest absolute Gasteiger partial charge is 0.147 e. The number of carbonyl (C=O) groups is 2. The van der Waals surface area contributed by atoms with Gasteiger partial charge in [-0.3, -0.25) is 9.59 Å². The van der Waals surface area contributed by atoms with Crippen LogP contribution >= 0.6 is 0 Å². The van der Waals surface area contributed by atoms with Gasteiger partial charge in [0.1, 0.15) is 11.6 Å². The van der Waals surface area contributed by atoms with Gasteiger partial charge < -0.3 is 0 Å².